The molecule has 0 aliphatic heterocycles. The van der Waals surface area contributed by atoms with Crippen molar-refractivity contribution < 1.29 is 18.7 Å². The summed E-state index contributed by atoms with van der Waals surface area (Å²) >= 11 is 0. The van der Waals surface area contributed by atoms with Crippen molar-refractivity contribution in [3.05, 3.63) is 77.7 Å². The number of rotatable bonds is 5. The van der Waals surface area contributed by atoms with Crippen LogP contribution >= 0.6 is 0 Å². The van der Waals surface area contributed by atoms with Crippen molar-refractivity contribution in [1.29, 1.82) is 0 Å². The summed E-state index contributed by atoms with van der Waals surface area (Å²) in [5.74, 6) is -1.99. The number of esters is 2. The van der Waals surface area contributed by atoms with Gasteiger partial charge in [0, 0.05) is 36.6 Å². The van der Waals surface area contributed by atoms with Gasteiger partial charge in [-0.05, 0) is 35.4 Å². The molecular formula is C21H19FN2O3. The Morgan fingerprint density at radius 3 is 2.63 bits per heavy atom. The maximum atomic E-state index is 12.8. The number of nitrogens with zero attached hydrogens (tertiary/aromatic N) is 1. The molecule has 0 aliphatic carbocycles. The van der Waals surface area contributed by atoms with Gasteiger partial charge in [0.2, 0.25) is 0 Å². The molecule has 3 rings (SSSR count). The number of halogens is 1. The molecule has 0 radical (unpaired) electrons. The van der Waals surface area contributed by atoms with E-state index in [9.17, 15) is 14.0 Å². The molecule has 0 aliphatic rings. The SMILES string of the molecule is Cn1cc(C[C@H](N)C(=O)OC(=O)C=Cc2ccc(F)cc2)c2ccccc21. The lowest BCUT2D eigenvalue weighted by Gasteiger charge is -2.08. The van der Waals surface area contributed by atoms with E-state index < -0.39 is 18.0 Å². The van der Waals surface area contributed by atoms with Crippen LogP contribution < -0.4 is 5.73 Å². The van der Waals surface area contributed by atoms with E-state index in [1.165, 1.54) is 30.3 Å². The molecular weight excluding hydrogens is 347 g/mol. The van der Waals surface area contributed by atoms with Crippen molar-refractivity contribution in [3.8, 4) is 0 Å². The first-order valence-corrected chi connectivity index (χ1v) is 8.42. The van der Waals surface area contributed by atoms with Crippen LogP contribution in [0.5, 0.6) is 0 Å². The smallest absolute Gasteiger partial charge is 0.338 e. The molecule has 0 saturated carbocycles. The quantitative estimate of drug-likeness (QED) is 0.428. The number of nitrogens with two attached hydrogens (primary N) is 1. The van der Waals surface area contributed by atoms with E-state index in [-0.39, 0.29) is 12.2 Å². The minimum absolute atomic E-state index is 0.259. The zero-order valence-electron chi connectivity index (χ0n) is 14.8. The summed E-state index contributed by atoms with van der Waals surface area (Å²) in [7, 11) is 1.92. The molecule has 1 aromatic heterocycles. The molecule has 0 fully saturated rings. The second kappa shape index (κ2) is 7.97. The fourth-order valence-electron chi connectivity index (χ4n) is 2.86. The minimum atomic E-state index is -0.959. The van der Waals surface area contributed by atoms with Crippen molar-refractivity contribution in [3.63, 3.8) is 0 Å². The standard InChI is InChI=1S/C21H19FN2O3/c1-24-13-15(17-4-2-3-5-19(17)24)12-18(23)21(26)27-20(25)11-8-14-6-9-16(22)10-7-14/h2-11,13,18H,12,23H2,1H3/t18-/m0/s1. The number of aromatic nitrogens is 1. The highest BCUT2D eigenvalue weighted by atomic mass is 19.1. The first kappa shape index (κ1) is 18.5. The Morgan fingerprint density at radius 2 is 1.89 bits per heavy atom. The van der Waals surface area contributed by atoms with Crippen molar-refractivity contribution in [2.45, 2.75) is 12.5 Å². The molecule has 1 heterocycles. The maximum Gasteiger partial charge on any atom is 0.338 e. The Kier molecular flexibility index (Phi) is 5.47. The highest BCUT2D eigenvalue weighted by Crippen LogP contribution is 2.21. The second-order valence-corrected chi connectivity index (χ2v) is 6.22. The van der Waals surface area contributed by atoms with Gasteiger partial charge in [-0.3, -0.25) is 0 Å². The number of para-hydroxylation sites is 1. The Bertz CT molecular complexity index is 1010. The molecule has 5 nitrogen and oxygen atoms in total. The largest absolute Gasteiger partial charge is 0.389 e. The Morgan fingerprint density at radius 1 is 1.19 bits per heavy atom. The Balaban J connectivity index is 1.61. The molecule has 6 heteroatoms. The lowest BCUT2D eigenvalue weighted by atomic mass is 10.1. The number of ether oxygens (including phenoxy) is 1. The van der Waals surface area contributed by atoms with Crippen LogP contribution in [0.25, 0.3) is 17.0 Å². The van der Waals surface area contributed by atoms with E-state index in [0.29, 0.717) is 5.56 Å². The molecule has 0 saturated heterocycles. The summed E-state index contributed by atoms with van der Waals surface area (Å²) in [6.07, 6.45) is 4.71. The second-order valence-electron chi connectivity index (χ2n) is 6.22. The van der Waals surface area contributed by atoms with E-state index in [1.54, 1.807) is 0 Å². The van der Waals surface area contributed by atoms with Crippen LogP contribution in [0.15, 0.2) is 60.8 Å². The zero-order chi connectivity index (χ0) is 19.4. The highest BCUT2D eigenvalue weighted by Gasteiger charge is 2.20. The predicted molar refractivity (Wildman–Crippen MR) is 101 cm³/mol. The van der Waals surface area contributed by atoms with Gasteiger partial charge >= 0.3 is 11.9 Å². The van der Waals surface area contributed by atoms with Crippen molar-refractivity contribution in [1.82, 2.24) is 4.57 Å². The number of hydrogen-bond donors (Lipinski definition) is 1. The number of hydrogen-bond acceptors (Lipinski definition) is 4. The molecule has 1 atom stereocenters. The number of aryl methyl sites for hydroxylation is 1. The normalized spacial score (nSPS) is 12.4. The van der Waals surface area contributed by atoms with Crippen LogP contribution in [0.2, 0.25) is 0 Å². The van der Waals surface area contributed by atoms with Crippen LogP contribution in [0.4, 0.5) is 4.39 Å². The number of benzene rings is 2. The average Bonchev–Trinajstić information content (AvgIpc) is 2.97. The summed E-state index contributed by atoms with van der Waals surface area (Å²) in [6, 6.07) is 12.4. The third-order valence-corrected chi connectivity index (χ3v) is 4.21. The van der Waals surface area contributed by atoms with Gasteiger partial charge in [0.1, 0.15) is 11.9 Å². The van der Waals surface area contributed by atoms with Crippen LogP contribution in [0.3, 0.4) is 0 Å². The highest BCUT2D eigenvalue weighted by molar-refractivity contribution is 5.96. The third kappa shape index (κ3) is 4.48. The van der Waals surface area contributed by atoms with Crippen LogP contribution in [0.1, 0.15) is 11.1 Å². The molecule has 2 N–H and O–H groups in total. The van der Waals surface area contributed by atoms with E-state index in [1.807, 2.05) is 42.1 Å². The molecule has 0 unspecified atom stereocenters. The van der Waals surface area contributed by atoms with Crippen molar-refractivity contribution >= 4 is 28.9 Å². The molecule has 27 heavy (non-hydrogen) atoms. The molecule has 0 bridgehead atoms. The number of carbonyl (C=O) groups excluding carboxylic acids is 2. The van der Waals surface area contributed by atoms with Gasteiger partial charge in [-0.2, -0.15) is 0 Å². The summed E-state index contributed by atoms with van der Waals surface area (Å²) in [5, 5.41) is 1.01. The van der Waals surface area contributed by atoms with Gasteiger partial charge in [0.25, 0.3) is 0 Å². The van der Waals surface area contributed by atoms with Crippen molar-refractivity contribution in [2.75, 3.05) is 0 Å². The van der Waals surface area contributed by atoms with E-state index in [2.05, 4.69) is 0 Å². The zero-order valence-corrected chi connectivity index (χ0v) is 14.8. The fraction of sp³-hybridized carbons (Fsp3) is 0.143. The Hall–Kier alpha value is -3.25. The van der Waals surface area contributed by atoms with Gasteiger partial charge in [0.15, 0.2) is 0 Å². The summed E-state index contributed by atoms with van der Waals surface area (Å²) in [4.78, 5) is 23.9. The number of carbonyl (C=O) groups is 2. The molecule has 2 aromatic carbocycles. The molecule has 0 amide bonds. The van der Waals surface area contributed by atoms with Gasteiger partial charge in [-0.25, -0.2) is 14.0 Å². The lowest BCUT2D eigenvalue weighted by molar-refractivity contribution is -0.157. The van der Waals surface area contributed by atoms with Gasteiger partial charge in [-0.15, -0.1) is 0 Å². The van der Waals surface area contributed by atoms with Gasteiger partial charge in [0.05, 0.1) is 0 Å². The number of fused-ring (bicyclic) bond motifs is 1. The predicted octanol–water partition coefficient (Wildman–Crippen LogP) is 2.97. The summed E-state index contributed by atoms with van der Waals surface area (Å²) in [5.41, 5.74) is 8.47. The van der Waals surface area contributed by atoms with Gasteiger partial charge in [-0.1, -0.05) is 30.3 Å². The average molecular weight is 366 g/mol. The minimum Gasteiger partial charge on any atom is -0.389 e. The van der Waals surface area contributed by atoms with Crippen molar-refractivity contribution in [2.24, 2.45) is 12.8 Å². The van der Waals surface area contributed by atoms with E-state index >= 15 is 0 Å². The Labute approximate surface area is 155 Å². The van der Waals surface area contributed by atoms with Gasteiger partial charge < -0.3 is 15.0 Å². The van der Waals surface area contributed by atoms with Crippen LogP contribution in [0, 0.1) is 5.82 Å². The lowest BCUT2D eigenvalue weighted by Crippen LogP contribution is -2.35. The van der Waals surface area contributed by atoms with Crippen LogP contribution in [-0.2, 0) is 27.8 Å². The summed E-state index contributed by atoms with van der Waals surface area (Å²) < 4.78 is 19.6. The maximum absolute atomic E-state index is 12.8. The monoisotopic (exact) mass is 366 g/mol. The molecule has 3 aromatic rings. The molecule has 138 valence electrons. The third-order valence-electron chi connectivity index (χ3n) is 4.21. The first-order chi connectivity index (χ1) is 12.9. The van der Waals surface area contributed by atoms with E-state index in [0.717, 1.165) is 22.5 Å². The molecule has 0 spiro atoms. The topological polar surface area (TPSA) is 74.3 Å². The summed E-state index contributed by atoms with van der Waals surface area (Å²) in [6.45, 7) is 0. The first-order valence-electron chi connectivity index (χ1n) is 8.42. The fourth-order valence-corrected chi connectivity index (χ4v) is 2.86. The van der Waals surface area contributed by atoms with Crippen LogP contribution in [-0.4, -0.2) is 22.5 Å². The van der Waals surface area contributed by atoms with E-state index in [4.69, 9.17) is 10.5 Å².